The molecule has 5 heteroatoms. The van der Waals surface area contributed by atoms with Crippen molar-refractivity contribution in [2.45, 2.75) is 45.3 Å². The normalized spacial score (nSPS) is 12.2. The van der Waals surface area contributed by atoms with Crippen LogP contribution in [0.3, 0.4) is 0 Å². The molecule has 19 heavy (non-hydrogen) atoms. The molecule has 0 aliphatic heterocycles. The number of halogens is 2. The standard InChI is InChI=1S/C14H21Cl2OSi.Li/c1-14(2,3)18(4,5)17-9-8-11-6-7-12(15)13(16)10-11;/h7,10H,8-9H2,1-5H3;/q-1;+1. The summed E-state index contributed by atoms with van der Waals surface area (Å²) < 4.78 is 6.11. The van der Waals surface area contributed by atoms with E-state index < -0.39 is 8.32 Å². The monoisotopic (exact) mass is 310 g/mol. The molecule has 0 saturated carbocycles. The Bertz CT molecular complexity index is 416. The third kappa shape index (κ3) is 5.83. The summed E-state index contributed by atoms with van der Waals surface area (Å²) in [7, 11) is -1.66. The molecule has 0 aromatic heterocycles. The van der Waals surface area contributed by atoms with Gasteiger partial charge in [-0.05, 0) is 29.6 Å². The van der Waals surface area contributed by atoms with Gasteiger partial charge in [0.1, 0.15) is 0 Å². The maximum atomic E-state index is 6.11. The molecule has 1 nitrogen and oxygen atoms in total. The van der Waals surface area contributed by atoms with Gasteiger partial charge in [-0.25, -0.2) is 0 Å². The van der Waals surface area contributed by atoms with Crippen molar-refractivity contribution in [2.24, 2.45) is 0 Å². The van der Waals surface area contributed by atoms with Crippen LogP contribution in [0, 0.1) is 6.07 Å². The van der Waals surface area contributed by atoms with Gasteiger partial charge < -0.3 is 4.43 Å². The van der Waals surface area contributed by atoms with Gasteiger partial charge in [-0.1, -0.05) is 25.8 Å². The minimum absolute atomic E-state index is 0. The minimum atomic E-state index is -1.66. The maximum absolute atomic E-state index is 6.11. The first kappa shape index (κ1) is 19.6. The van der Waals surface area contributed by atoms with Crippen LogP contribution in [0.25, 0.3) is 0 Å². The van der Waals surface area contributed by atoms with Crippen molar-refractivity contribution < 1.29 is 23.3 Å². The summed E-state index contributed by atoms with van der Waals surface area (Å²) in [5, 5.41) is 1.37. The smallest absolute Gasteiger partial charge is 0.417 e. The fraction of sp³-hybridized carbons (Fsp3) is 0.571. The minimum Gasteiger partial charge on any atom is -0.417 e. The van der Waals surface area contributed by atoms with E-state index in [1.54, 1.807) is 6.07 Å². The zero-order chi connectivity index (χ0) is 14.0. The molecule has 0 aliphatic rings. The molecule has 1 aromatic carbocycles. The molecule has 0 heterocycles. The van der Waals surface area contributed by atoms with E-state index in [-0.39, 0.29) is 23.9 Å². The Balaban J connectivity index is 0.00000324. The van der Waals surface area contributed by atoms with Crippen molar-refractivity contribution in [1.29, 1.82) is 0 Å². The summed E-state index contributed by atoms with van der Waals surface area (Å²) in [6.45, 7) is 11.9. The van der Waals surface area contributed by atoms with Gasteiger partial charge in [-0.15, -0.1) is 17.7 Å². The third-order valence-electron chi connectivity index (χ3n) is 3.55. The van der Waals surface area contributed by atoms with Crippen LogP contribution in [0.1, 0.15) is 26.3 Å². The molecule has 0 amide bonds. The molecule has 0 bridgehead atoms. The Kier molecular flexibility index (Phi) is 7.77. The predicted octanol–water partition coefficient (Wildman–Crippen LogP) is 2.36. The van der Waals surface area contributed by atoms with Gasteiger partial charge in [0.2, 0.25) is 0 Å². The van der Waals surface area contributed by atoms with Gasteiger partial charge >= 0.3 is 18.9 Å². The first-order valence-corrected chi connectivity index (χ1v) is 9.79. The predicted molar refractivity (Wildman–Crippen MR) is 82.2 cm³/mol. The fourth-order valence-electron chi connectivity index (χ4n) is 1.27. The molecule has 0 N–H and O–H groups in total. The van der Waals surface area contributed by atoms with Crippen molar-refractivity contribution in [3.63, 3.8) is 0 Å². The summed E-state index contributed by atoms with van der Waals surface area (Å²) >= 11 is 11.8. The van der Waals surface area contributed by atoms with Crippen LogP contribution in [0.15, 0.2) is 12.1 Å². The molecule has 0 saturated heterocycles. The van der Waals surface area contributed by atoms with E-state index in [9.17, 15) is 0 Å². The molecule has 0 spiro atoms. The van der Waals surface area contributed by atoms with Gasteiger partial charge in [0.05, 0.1) is 0 Å². The van der Waals surface area contributed by atoms with Crippen molar-refractivity contribution in [3.05, 3.63) is 33.8 Å². The van der Waals surface area contributed by atoms with E-state index in [4.69, 9.17) is 27.6 Å². The van der Waals surface area contributed by atoms with Crippen LogP contribution in [-0.4, -0.2) is 14.9 Å². The zero-order valence-electron chi connectivity index (χ0n) is 12.7. The summed E-state index contributed by atoms with van der Waals surface area (Å²) in [4.78, 5) is 0. The molecule has 0 atom stereocenters. The van der Waals surface area contributed by atoms with Crippen molar-refractivity contribution in [1.82, 2.24) is 0 Å². The van der Waals surface area contributed by atoms with E-state index in [2.05, 4.69) is 39.9 Å². The SMILES string of the molecule is CC(C)(C)[Si](C)(C)OCCc1[c-]cc(Cl)c(Cl)c1.[Li+]. The average molecular weight is 311 g/mol. The molecular weight excluding hydrogens is 290 g/mol. The molecule has 102 valence electrons. The number of hydrogen-bond donors (Lipinski definition) is 0. The molecule has 0 radical (unpaired) electrons. The van der Waals surface area contributed by atoms with Crippen molar-refractivity contribution in [3.8, 4) is 0 Å². The van der Waals surface area contributed by atoms with E-state index >= 15 is 0 Å². The zero-order valence-corrected chi connectivity index (χ0v) is 15.2. The van der Waals surface area contributed by atoms with Crippen LogP contribution in [-0.2, 0) is 10.8 Å². The summed E-state index contributed by atoms with van der Waals surface area (Å²) in [6.07, 6.45) is 0.823. The van der Waals surface area contributed by atoms with Crippen LogP contribution < -0.4 is 18.9 Å². The van der Waals surface area contributed by atoms with Crippen LogP contribution >= 0.6 is 23.2 Å². The summed E-state index contributed by atoms with van der Waals surface area (Å²) in [6, 6.07) is 6.70. The Labute approximate surface area is 140 Å². The Morgan fingerprint density at radius 3 is 2.26 bits per heavy atom. The molecule has 1 aromatic rings. The number of hydrogen-bond acceptors (Lipinski definition) is 1. The average Bonchev–Trinajstić information content (AvgIpc) is 2.21. The fourth-order valence-corrected chi connectivity index (χ4v) is 2.61. The summed E-state index contributed by atoms with van der Waals surface area (Å²) in [5.41, 5.74) is 1.04. The molecular formula is C14H21Cl2LiOSi. The molecule has 0 unspecified atom stereocenters. The van der Waals surface area contributed by atoms with E-state index in [0.29, 0.717) is 16.7 Å². The Morgan fingerprint density at radius 2 is 1.79 bits per heavy atom. The molecule has 0 aliphatic carbocycles. The second-order valence-electron chi connectivity index (χ2n) is 6.01. The molecule has 1 rings (SSSR count). The second kappa shape index (κ2) is 7.54. The van der Waals surface area contributed by atoms with Crippen LogP contribution in [0.5, 0.6) is 0 Å². The van der Waals surface area contributed by atoms with Gasteiger partial charge in [-0.3, -0.25) is 0 Å². The largest absolute Gasteiger partial charge is 1.00 e. The van der Waals surface area contributed by atoms with Gasteiger partial charge in [0.25, 0.3) is 0 Å². The van der Waals surface area contributed by atoms with Crippen LogP contribution in [0.4, 0.5) is 0 Å². The van der Waals surface area contributed by atoms with E-state index in [1.807, 2.05) is 6.07 Å². The first-order chi connectivity index (χ1) is 8.13. The maximum Gasteiger partial charge on any atom is 1.00 e. The number of rotatable bonds is 4. The van der Waals surface area contributed by atoms with Crippen molar-refractivity contribution in [2.75, 3.05) is 6.61 Å². The topological polar surface area (TPSA) is 9.23 Å². The molecule has 0 fully saturated rings. The van der Waals surface area contributed by atoms with E-state index in [1.165, 1.54) is 0 Å². The van der Waals surface area contributed by atoms with Crippen LogP contribution in [0.2, 0.25) is 28.2 Å². The summed E-state index contributed by atoms with van der Waals surface area (Å²) in [5.74, 6) is 0. The first-order valence-electron chi connectivity index (χ1n) is 6.13. The van der Waals surface area contributed by atoms with Gasteiger partial charge in [-0.2, -0.15) is 29.3 Å². The quantitative estimate of drug-likeness (QED) is 0.613. The number of benzene rings is 1. The Hall–Kier alpha value is 0.574. The second-order valence-corrected chi connectivity index (χ2v) is 11.6. The Morgan fingerprint density at radius 1 is 1.21 bits per heavy atom. The van der Waals surface area contributed by atoms with Gasteiger partial charge in [0.15, 0.2) is 8.32 Å². The van der Waals surface area contributed by atoms with E-state index in [0.717, 1.165) is 12.0 Å². The third-order valence-corrected chi connectivity index (χ3v) is 8.81. The van der Waals surface area contributed by atoms with Gasteiger partial charge in [0, 0.05) is 6.61 Å². The van der Waals surface area contributed by atoms with Crippen molar-refractivity contribution >= 4 is 31.5 Å².